The van der Waals surface area contributed by atoms with Gasteiger partial charge in [-0.25, -0.2) is 13.1 Å². The van der Waals surface area contributed by atoms with Gasteiger partial charge in [-0.1, -0.05) is 60.7 Å². The van der Waals surface area contributed by atoms with Crippen LogP contribution in [0.1, 0.15) is 29.0 Å². The molecule has 1 unspecified atom stereocenters. The van der Waals surface area contributed by atoms with Crippen molar-refractivity contribution >= 4 is 21.8 Å². The molecule has 3 aromatic rings. The maximum atomic E-state index is 12.9. The second kappa shape index (κ2) is 11.2. The van der Waals surface area contributed by atoms with Crippen LogP contribution in [0.15, 0.2) is 89.8 Å². The first-order valence-corrected chi connectivity index (χ1v) is 13.1. The molecule has 2 amide bonds. The first kappa shape index (κ1) is 25.1. The van der Waals surface area contributed by atoms with Crippen LogP contribution in [0.5, 0.6) is 0 Å². The van der Waals surface area contributed by atoms with Crippen molar-refractivity contribution in [3.8, 4) is 6.07 Å². The summed E-state index contributed by atoms with van der Waals surface area (Å²) < 4.78 is 27.7. The summed E-state index contributed by atoms with van der Waals surface area (Å²) in [6.07, 6.45) is 0.321. The van der Waals surface area contributed by atoms with Crippen LogP contribution < -0.4 is 10.0 Å². The molecular weight excluding hydrogens is 476 g/mol. The van der Waals surface area contributed by atoms with E-state index in [1.54, 1.807) is 4.90 Å². The lowest BCUT2D eigenvalue weighted by molar-refractivity contribution is -0.150. The average molecular weight is 503 g/mol. The maximum Gasteiger partial charge on any atom is 0.312 e. The predicted octanol–water partition coefficient (Wildman–Crippen LogP) is 2.39. The third-order valence-corrected chi connectivity index (χ3v) is 7.67. The van der Waals surface area contributed by atoms with Gasteiger partial charge in [-0.2, -0.15) is 5.26 Å². The van der Waals surface area contributed by atoms with Crippen molar-refractivity contribution in [3.63, 3.8) is 0 Å². The fourth-order valence-electron chi connectivity index (χ4n) is 4.43. The smallest absolute Gasteiger partial charge is 0.312 e. The summed E-state index contributed by atoms with van der Waals surface area (Å²) in [5, 5.41) is 11.6. The quantitative estimate of drug-likeness (QED) is 0.344. The molecule has 184 valence electrons. The Morgan fingerprint density at radius 1 is 0.944 bits per heavy atom. The number of benzene rings is 3. The van der Waals surface area contributed by atoms with Crippen molar-refractivity contribution in [1.82, 2.24) is 14.9 Å². The summed E-state index contributed by atoms with van der Waals surface area (Å²) in [7, 11) is -3.77. The summed E-state index contributed by atoms with van der Waals surface area (Å²) >= 11 is 0. The Morgan fingerprint density at radius 2 is 1.53 bits per heavy atom. The number of hydrogen-bond donors (Lipinski definition) is 2. The number of sulfonamides is 1. The Balaban J connectivity index is 1.50. The molecule has 1 atom stereocenters. The van der Waals surface area contributed by atoms with E-state index >= 15 is 0 Å². The average Bonchev–Trinajstić information content (AvgIpc) is 2.91. The van der Waals surface area contributed by atoms with E-state index in [4.69, 9.17) is 5.26 Å². The van der Waals surface area contributed by atoms with E-state index in [1.807, 2.05) is 66.7 Å². The topological polar surface area (TPSA) is 119 Å². The minimum absolute atomic E-state index is 0.0565. The number of nitriles is 1. The molecule has 8 nitrogen and oxygen atoms in total. The second-order valence-corrected chi connectivity index (χ2v) is 10.2. The first-order chi connectivity index (χ1) is 17.4. The molecule has 2 N–H and O–H groups in total. The van der Waals surface area contributed by atoms with Gasteiger partial charge in [0.25, 0.3) is 0 Å². The van der Waals surface area contributed by atoms with Crippen LogP contribution in [0.3, 0.4) is 0 Å². The fraction of sp³-hybridized carbons (Fsp3) is 0.222. The van der Waals surface area contributed by atoms with E-state index in [1.165, 1.54) is 24.3 Å². The molecule has 4 rings (SSSR count). The van der Waals surface area contributed by atoms with Crippen molar-refractivity contribution in [3.05, 3.63) is 102 Å². The third kappa shape index (κ3) is 5.62. The van der Waals surface area contributed by atoms with Crippen molar-refractivity contribution in [1.29, 1.82) is 5.26 Å². The highest BCUT2D eigenvalue weighted by Crippen LogP contribution is 2.32. The Labute approximate surface area is 210 Å². The molecule has 1 heterocycles. The third-order valence-electron chi connectivity index (χ3n) is 6.19. The second-order valence-electron chi connectivity index (χ2n) is 8.46. The molecule has 1 fully saturated rings. The number of nitrogens with one attached hydrogen (secondary N) is 2. The molecule has 1 aliphatic heterocycles. The molecule has 3 aromatic carbocycles. The molecule has 9 heteroatoms. The molecule has 1 saturated heterocycles. The highest BCUT2D eigenvalue weighted by Gasteiger charge is 2.39. The predicted molar refractivity (Wildman–Crippen MR) is 134 cm³/mol. The van der Waals surface area contributed by atoms with Crippen molar-refractivity contribution < 1.29 is 18.0 Å². The lowest BCUT2D eigenvalue weighted by Gasteiger charge is -2.40. The molecule has 1 aliphatic rings. The summed E-state index contributed by atoms with van der Waals surface area (Å²) in [4.78, 5) is 26.8. The van der Waals surface area contributed by atoms with Gasteiger partial charge in [0.2, 0.25) is 10.0 Å². The van der Waals surface area contributed by atoms with Crippen molar-refractivity contribution in [2.24, 2.45) is 0 Å². The zero-order valence-corrected chi connectivity index (χ0v) is 20.3. The lowest BCUT2D eigenvalue weighted by atomic mass is 9.83. The van der Waals surface area contributed by atoms with Crippen LogP contribution in [0, 0.1) is 11.3 Å². The standard InChI is InChI=1S/C27H26N4O4S/c28-18-20-12-14-23(15-13-20)36(34,35)30-16-7-17-31-24(19-29-26(32)27(31)33)25(21-8-3-1-4-9-21)22-10-5-2-6-11-22/h1-6,8-15,24-25,30H,7,16-17,19H2,(H,29,32). The number of amides is 2. The Kier molecular flexibility index (Phi) is 7.78. The van der Waals surface area contributed by atoms with Crippen LogP contribution in [0.2, 0.25) is 0 Å². The van der Waals surface area contributed by atoms with Gasteiger partial charge in [-0.15, -0.1) is 0 Å². The monoisotopic (exact) mass is 502 g/mol. The molecule has 0 aromatic heterocycles. The minimum Gasteiger partial charge on any atom is -0.346 e. The van der Waals surface area contributed by atoms with Crippen molar-refractivity contribution in [2.75, 3.05) is 19.6 Å². The van der Waals surface area contributed by atoms with Crippen molar-refractivity contribution in [2.45, 2.75) is 23.3 Å². The van der Waals surface area contributed by atoms with Gasteiger partial charge in [0.1, 0.15) is 0 Å². The number of carbonyl (C=O) groups excluding carboxylic acids is 2. The number of carbonyl (C=O) groups is 2. The molecular formula is C27H26N4O4S. The van der Waals surface area contributed by atoms with Gasteiger partial charge in [-0.3, -0.25) is 9.59 Å². The number of rotatable bonds is 9. The number of piperazine rings is 1. The van der Waals surface area contributed by atoms with E-state index in [0.717, 1.165) is 11.1 Å². The summed E-state index contributed by atoms with van der Waals surface area (Å²) in [6.45, 7) is 0.584. The highest BCUT2D eigenvalue weighted by molar-refractivity contribution is 7.89. The summed E-state index contributed by atoms with van der Waals surface area (Å²) in [6, 6.07) is 26.9. The van der Waals surface area contributed by atoms with Gasteiger partial charge in [0, 0.05) is 25.6 Å². The van der Waals surface area contributed by atoms with E-state index < -0.39 is 21.8 Å². The van der Waals surface area contributed by atoms with Crippen LogP contribution in [-0.2, 0) is 19.6 Å². The van der Waals surface area contributed by atoms with Gasteiger partial charge >= 0.3 is 11.8 Å². The van der Waals surface area contributed by atoms with Crippen LogP contribution >= 0.6 is 0 Å². The van der Waals surface area contributed by atoms with E-state index in [0.29, 0.717) is 12.0 Å². The molecule has 0 aliphatic carbocycles. The highest BCUT2D eigenvalue weighted by atomic mass is 32.2. The molecule has 36 heavy (non-hydrogen) atoms. The van der Waals surface area contributed by atoms with E-state index in [2.05, 4.69) is 10.0 Å². The molecule has 0 bridgehead atoms. The normalized spacial score (nSPS) is 16.0. The SMILES string of the molecule is N#Cc1ccc(S(=O)(=O)NCCCN2C(=O)C(=O)NCC2C(c2ccccc2)c2ccccc2)cc1. The Morgan fingerprint density at radius 3 is 2.08 bits per heavy atom. The number of nitrogens with zero attached hydrogens (tertiary/aromatic N) is 2. The lowest BCUT2D eigenvalue weighted by Crippen LogP contribution is -2.60. The minimum atomic E-state index is -3.77. The molecule has 0 radical (unpaired) electrons. The first-order valence-electron chi connectivity index (χ1n) is 11.6. The van der Waals surface area contributed by atoms with Gasteiger partial charge in [0.15, 0.2) is 0 Å². The summed E-state index contributed by atoms with van der Waals surface area (Å²) in [5.41, 5.74) is 2.40. The number of hydrogen-bond acceptors (Lipinski definition) is 5. The zero-order chi connectivity index (χ0) is 25.5. The van der Waals surface area contributed by atoms with Gasteiger partial charge in [0.05, 0.1) is 22.6 Å². The van der Waals surface area contributed by atoms with Gasteiger partial charge in [-0.05, 0) is 41.8 Å². The maximum absolute atomic E-state index is 12.9. The summed E-state index contributed by atoms with van der Waals surface area (Å²) in [5.74, 6) is -1.46. The van der Waals surface area contributed by atoms with E-state index in [-0.39, 0.29) is 36.5 Å². The largest absolute Gasteiger partial charge is 0.346 e. The Bertz CT molecular complexity index is 1310. The molecule has 0 saturated carbocycles. The van der Waals surface area contributed by atoms with Gasteiger partial charge < -0.3 is 10.2 Å². The molecule has 0 spiro atoms. The van der Waals surface area contributed by atoms with E-state index in [9.17, 15) is 18.0 Å². The van der Waals surface area contributed by atoms with Crippen LogP contribution in [0.25, 0.3) is 0 Å². The van der Waals surface area contributed by atoms with Crippen LogP contribution in [-0.4, -0.2) is 50.8 Å². The zero-order valence-electron chi connectivity index (χ0n) is 19.5. The fourth-order valence-corrected chi connectivity index (χ4v) is 5.51. The Hall–Kier alpha value is -4.00. The van der Waals surface area contributed by atoms with Crippen LogP contribution in [0.4, 0.5) is 0 Å².